The molecule has 1 aromatic heterocycles. The molecule has 116 valence electrons. The first-order valence-electron chi connectivity index (χ1n) is 7.62. The summed E-state index contributed by atoms with van der Waals surface area (Å²) >= 11 is 1.49. The van der Waals surface area contributed by atoms with E-state index in [2.05, 4.69) is 4.90 Å². The molecule has 2 aliphatic heterocycles. The van der Waals surface area contributed by atoms with Gasteiger partial charge in [-0.1, -0.05) is 0 Å². The van der Waals surface area contributed by atoms with Gasteiger partial charge in [0.05, 0.1) is 11.0 Å². The minimum absolute atomic E-state index is 0.122. The van der Waals surface area contributed by atoms with Crippen molar-refractivity contribution in [2.75, 3.05) is 45.1 Å². The Morgan fingerprint density at radius 3 is 2.76 bits per heavy atom. The standard InChI is InChI=1S/C15H23N3O2S/c1-11-13(16)9-14(21-11)15(19)18-6-4-17(5-7-18)10-12-3-2-8-20-12/h9,12H,2-8,10,16H2,1H3. The second-order valence-corrected chi connectivity index (χ2v) is 7.11. The van der Waals surface area contributed by atoms with E-state index in [0.29, 0.717) is 6.10 Å². The van der Waals surface area contributed by atoms with Crippen LogP contribution in [-0.2, 0) is 4.74 Å². The average Bonchev–Trinajstić information content (AvgIpc) is 3.10. The first kappa shape index (κ1) is 14.8. The van der Waals surface area contributed by atoms with Crippen LogP contribution in [0.1, 0.15) is 27.4 Å². The zero-order valence-corrected chi connectivity index (χ0v) is 13.3. The molecule has 0 spiro atoms. The zero-order valence-electron chi connectivity index (χ0n) is 12.5. The molecule has 0 aromatic carbocycles. The Morgan fingerprint density at radius 2 is 2.19 bits per heavy atom. The van der Waals surface area contributed by atoms with Crippen LogP contribution in [0.15, 0.2) is 6.07 Å². The van der Waals surface area contributed by atoms with Gasteiger partial charge in [0.1, 0.15) is 0 Å². The first-order chi connectivity index (χ1) is 10.1. The number of carbonyl (C=O) groups is 1. The third-order valence-corrected chi connectivity index (χ3v) is 5.37. The predicted octanol–water partition coefficient (Wildman–Crippen LogP) is 1.58. The van der Waals surface area contributed by atoms with Gasteiger partial charge in [-0.05, 0) is 25.8 Å². The van der Waals surface area contributed by atoms with Crippen molar-refractivity contribution < 1.29 is 9.53 Å². The summed E-state index contributed by atoms with van der Waals surface area (Å²) in [6, 6.07) is 1.81. The maximum absolute atomic E-state index is 12.5. The summed E-state index contributed by atoms with van der Waals surface area (Å²) in [6.45, 7) is 7.33. The number of nitrogens with zero attached hydrogens (tertiary/aromatic N) is 2. The minimum atomic E-state index is 0.122. The van der Waals surface area contributed by atoms with Crippen LogP contribution in [0.4, 0.5) is 5.69 Å². The van der Waals surface area contributed by atoms with Crippen molar-refractivity contribution in [2.24, 2.45) is 0 Å². The van der Waals surface area contributed by atoms with Gasteiger partial charge in [-0.3, -0.25) is 9.69 Å². The fourth-order valence-corrected chi connectivity index (χ4v) is 3.88. The highest BCUT2D eigenvalue weighted by Gasteiger charge is 2.26. The number of anilines is 1. The molecule has 3 heterocycles. The van der Waals surface area contributed by atoms with Crippen molar-refractivity contribution in [1.82, 2.24) is 9.80 Å². The highest BCUT2D eigenvalue weighted by Crippen LogP contribution is 2.25. The molecule has 2 saturated heterocycles. The Balaban J connectivity index is 1.51. The number of aryl methyl sites for hydroxylation is 1. The summed E-state index contributed by atoms with van der Waals surface area (Å²) in [7, 11) is 0. The molecule has 3 rings (SSSR count). The lowest BCUT2D eigenvalue weighted by atomic mass is 10.2. The lowest BCUT2D eigenvalue weighted by Crippen LogP contribution is -2.50. The van der Waals surface area contributed by atoms with Crippen LogP contribution in [0.25, 0.3) is 0 Å². The van der Waals surface area contributed by atoms with Crippen LogP contribution in [-0.4, -0.2) is 61.1 Å². The molecule has 1 amide bonds. The van der Waals surface area contributed by atoms with Crippen molar-refractivity contribution in [2.45, 2.75) is 25.9 Å². The highest BCUT2D eigenvalue weighted by atomic mass is 32.1. The number of nitrogens with two attached hydrogens (primary N) is 1. The number of thiophene rings is 1. The quantitative estimate of drug-likeness (QED) is 0.921. The molecular formula is C15H23N3O2S. The maximum atomic E-state index is 12.5. The van der Waals surface area contributed by atoms with Gasteiger partial charge in [-0.2, -0.15) is 0 Å². The van der Waals surface area contributed by atoms with Gasteiger partial charge in [0.25, 0.3) is 5.91 Å². The minimum Gasteiger partial charge on any atom is -0.398 e. The SMILES string of the molecule is Cc1sc(C(=O)N2CCN(CC3CCCO3)CC2)cc1N. The summed E-state index contributed by atoms with van der Waals surface area (Å²) in [5.41, 5.74) is 6.56. The van der Waals surface area contributed by atoms with E-state index in [1.165, 1.54) is 24.2 Å². The molecule has 5 nitrogen and oxygen atoms in total. The molecule has 21 heavy (non-hydrogen) atoms. The van der Waals surface area contributed by atoms with Gasteiger partial charge in [-0.15, -0.1) is 11.3 Å². The molecule has 1 unspecified atom stereocenters. The molecule has 2 fully saturated rings. The van der Waals surface area contributed by atoms with Crippen molar-refractivity contribution in [3.63, 3.8) is 0 Å². The third kappa shape index (κ3) is 3.39. The van der Waals surface area contributed by atoms with Crippen LogP contribution < -0.4 is 5.73 Å². The van der Waals surface area contributed by atoms with E-state index in [-0.39, 0.29) is 5.91 Å². The fraction of sp³-hybridized carbons (Fsp3) is 0.667. The number of hydrogen-bond donors (Lipinski definition) is 1. The van der Waals surface area contributed by atoms with Gasteiger partial charge >= 0.3 is 0 Å². The largest absolute Gasteiger partial charge is 0.398 e. The van der Waals surface area contributed by atoms with Crippen molar-refractivity contribution >= 4 is 22.9 Å². The lowest BCUT2D eigenvalue weighted by molar-refractivity contribution is 0.0435. The summed E-state index contributed by atoms with van der Waals surface area (Å²) in [6.07, 6.45) is 2.75. The Kier molecular flexibility index (Phi) is 4.47. The van der Waals surface area contributed by atoms with Gasteiger partial charge in [0, 0.05) is 49.9 Å². The smallest absolute Gasteiger partial charge is 0.264 e. The van der Waals surface area contributed by atoms with Crippen LogP contribution >= 0.6 is 11.3 Å². The normalized spacial score (nSPS) is 23.7. The summed E-state index contributed by atoms with van der Waals surface area (Å²) in [5, 5.41) is 0. The molecule has 0 saturated carbocycles. The zero-order chi connectivity index (χ0) is 14.8. The van der Waals surface area contributed by atoms with E-state index in [4.69, 9.17) is 10.5 Å². The second-order valence-electron chi connectivity index (χ2n) is 5.85. The summed E-state index contributed by atoms with van der Waals surface area (Å²) < 4.78 is 5.68. The number of hydrogen-bond acceptors (Lipinski definition) is 5. The molecule has 2 aliphatic rings. The van der Waals surface area contributed by atoms with Crippen molar-refractivity contribution in [3.05, 3.63) is 15.8 Å². The van der Waals surface area contributed by atoms with Crippen LogP contribution in [0.3, 0.4) is 0 Å². The van der Waals surface area contributed by atoms with E-state index >= 15 is 0 Å². The van der Waals surface area contributed by atoms with Crippen molar-refractivity contribution in [3.8, 4) is 0 Å². The Morgan fingerprint density at radius 1 is 1.43 bits per heavy atom. The van der Waals surface area contributed by atoms with E-state index in [0.717, 1.165) is 54.8 Å². The third-order valence-electron chi connectivity index (χ3n) is 4.31. The van der Waals surface area contributed by atoms with Crippen LogP contribution in [0.2, 0.25) is 0 Å². The monoisotopic (exact) mass is 309 g/mol. The number of piperazine rings is 1. The number of amides is 1. The van der Waals surface area contributed by atoms with E-state index < -0.39 is 0 Å². The maximum Gasteiger partial charge on any atom is 0.264 e. The molecular weight excluding hydrogens is 286 g/mol. The van der Waals surface area contributed by atoms with Gasteiger partial charge in [0.2, 0.25) is 0 Å². The Labute approximate surface area is 129 Å². The van der Waals surface area contributed by atoms with Crippen molar-refractivity contribution in [1.29, 1.82) is 0 Å². The highest BCUT2D eigenvalue weighted by molar-refractivity contribution is 7.14. The Bertz CT molecular complexity index is 484. The van der Waals surface area contributed by atoms with Gasteiger partial charge in [0.15, 0.2) is 0 Å². The molecule has 0 aliphatic carbocycles. The van der Waals surface area contributed by atoms with Gasteiger partial charge in [-0.25, -0.2) is 0 Å². The van der Waals surface area contributed by atoms with E-state index in [1.807, 2.05) is 11.8 Å². The van der Waals surface area contributed by atoms with Gasteiger partial charge < -0.3 is 15.4 Å². The number of ether oxygens (including phenoxy) is 1. The molecule has 0 radical (unpaired) electrons. The number of nitrogen functional groups attached to an aromatic ring is 1. The second kappa shape index (κ2) is 6.34. The predicted molar refractivity (Wildman–Crippen MR) is 84.8 cm³/mol. The Hall–Kier alpha value is -1.11. The van der Waals surface area contributed by atoms with Crippen LogP contribution in [0, 0.1) is 6.92 Å². The number of rotatable bonds is 3. The average molecular weight is 309 g/mol. The van der Waals surface area contributed by atoms with E-state index in [9.17, 15) is 4.79 Å². The number of carbonyl (C=O) groups excluding carboxylic acids is 1. The molecule has 1 atom stereocenters. The fourth-order valence-electron chi connectivity index (χ4n) is 2.97. The molecule has 2 N–H and O–H groups in total. The lowest BCUT2D eigenvalue weighted by Gasteiger charge is -2.35. The topological polar surface area (TPSA) is 58.8 Å². The molecule has 0 bridgehead atoms. The summed E-state index contributed by atoms with van der Waals surface area (Å²) in [5.74, 6) is 0.122. The first-order valence-corrected chi connectivity index (χ1v) is 8.44. The van der Waals surface area contributed by atoms with Crippen LogP contribution in [0.5, 0.6) is 0 Å². The molecule has 1 aromatic rings. The van der Waals surface area contributed by atoms with E-state index in [1.54, 1.807) is 6.07 Å². The molecule has 6 heteroatoms. The summed E-state index contributed by atoms with van der Waals surface area (Å²) in [4.78, 5) is 18.6.